The fourth-order valence-corrected chi connectivity index (χ4v) is 1.67. The van der Waals surface area contributed by atoms with E-state index in [1.165, 1.54) is 17.9 Å². The van der Waals surface area contributed by atoms with Crippen LogP contribution < -0.4 is 0 Å². The average Bonchev–Trinajstić information content (AvgIpc) is 2.61. The summed E-state index contributed by atoms with van der Waals surface area (Å²) in [6.45, 7) is 0. The van der Waals surface area contributed by atoms with Crippen LogP contribution in [0.2, 0.25) is 0 Å². The van der Waals surface area contributed by atoms with Gasteiger partial charge in [-0.3, -0.25) is 0 Å². The zero-order valence-electron chi connectivity index (χ0n) is 6.38. The molecule has 0 spiro atoms. The number of hydrogen-bond donors (Lipinski definition) is 0. The SMILES string of the molecule is c1ncc2nc3snnc3cc2n1. The van der Waals surface area contributed by atoms with Crippen LogP contribution in [0.1, 0.15) is 0 Å². The predicted molar refractivity (Wildman–Crippen MR) is 48.3 cm³/mol. The number of pyridine rings is 1. The molecule has 3 aromatic rings. The minimum absolute atomic E-state index is 0.779. The van der Waals surface area contributed by atoms with E-state index in [4.69, 9.17) is 0 Å². The summed E-state index contributed by atoms with van der Waals surface area (Å²) >= 11 is 1.27. The summed E-state index contributed by atoms with van der Waals surface area (Å²) in [5.74, 6) is 0. The maximum Gasteiger partial charge on any atom is 0.164 e. The van der Waals surface area contributed by atoms with Gasteiger partial charge in [0, 0.05) is 11.5 Å². The Balaban J connectivity index is 2.57. The zero-order chi connectivity index (χ0) is 8.67. The van der Waals surface area contributed by atoms with E-state index in [9.17, 15) is 0 Å². The Kier molecular flexibility index (Phi) is 1.25. The van der Waals surface area contributed by atoms with Crippen molar-refractivity contribution in [3.63, 3.8) is 0 Å². The van der Waals surface area contributed by atoms with E-state index in [2.05, 4.69) is 24.5 Å². The molecular weight excluding hydrogens is 186 g/mol. The summed E-state index contributed by atoms with van der Waals surface area (Å²) in [7, 11) is 0. The van der Waals surface area contributed by atoms with Crippen molar-refractivity contribution in [3.8, 4) is 0 Å². The molecule has 0 aliphatic rings. The first-order valence-corrected chi connectivity index (χ1v) is 4.40. The summed E-state index contributed by atoms with van der Waals surface area (Å²) in [6, 6.07) is 1.86. The first-order chi connectivity index (χ1) is 6.43. The summed E-state index contributed by atoms with van der Waals surface area (Å²) in [5.41, 5.74) is 2.37. The van der Waals surface area contributed by atoms with Gasteiger partial charge in [0.1, 0.15) is 17.4 Å². The first-order valence-electron chi connectivity index (χ1n) is 3.62. The highest BCUT2D eigenvalue weighted by molar-refractivity contribution is 7.12. The molecule has 0 saturated carbocycles. The Bertz CT molecular complexity index is 525. The van der Waals surface area contributed by atoms with Crippen LogP contribution in [0.25, 0.3) is 21.4 Å². The molecule has 0 unspecified atom stereocenters. The summed E-state index contributed by atoms with van der Waals surface area (Å²) in [6.07, 6.45) is 3.18. The molecule has 0 aliphatic carbocycles. The molecule has 6 heteroatoms. The van der Waals surface area contributed by atoms with Crippen LogP contribution in [0.15, 0.2) is 18.6 Å². The van der Waals surface area contributed by atoms with Crippen LogP contribution in [0, 0.1) is 0 Å². The van der Waals surface area contributed by atoms with Crippen LogP contribution in [0.3, 0.4) is 0 Å². The molecule has 0 aliphatic heterocycles. The normalized spacial score (nSPS) is 11.1. The molecular formula is C7H3N5S. The van der Waals surface area contributed by atoms with E-state index >= 15 is 0 Å². The first kappa shape index (κ1) is 6.79. The van der Waals surface area contributed by atoms with Crippen molar-refractivity contribution in [1.29, 1.82) is 0 Å². The largest absolute Gasteiger partial charge is 0.243 e. The molecule has 0 radical (unpaired) electrons. The lowest BCUT2D eigenvalue weighted by atomic mass is 10.3. The van der Waals surface area contributed by atoms with Crippen molar-refractivity contribution in [2.75, 3.05) is 0 Å². The van der Waals surface area contributed by atoms with Crippen LogP contribution in [-0.4, -0.2) is 24.5 Å². The summed E-state index contributed by atoms with van der Waals surface area (Å²) in [4.78, 5) is 13.1. The van der Waals surface area contributed by atoms with E-state index in [-0.39, 0.29) is 0 Å². The smallest absolute Gasteiger partial charge is 0.164 e. The molecule has 0 saturated heterocycles. The van der Waals surface area contributed by atoms with Gasteiger partial charge in [0.25, 0.3) is 0 Å². The van der Waals surface area contributed by atoms with Crippen molar-refractivity contribution in [1.82, 2.24) is 24.5 Å². The fourth-order valence-electron chi connectivity index (χ4n) is 1.13. The van der Waals surface area contributed by atoms with Crippen molar-refractivity contribution < 1.29 is 0 Å². The number of rotatable bonds is 0. The quantitative estimate of drug-likeness (QED) is 0.528. The zero-order valence-corrected chi connectivity index (χ0v) is 7.19. The summed E-state index contributed by atoms with van der Waals surface area (Å²) in [5, 5.41) is 3.91. The maximum absolute atomic E-state index is 4.31. The van der Waals surface area contributed by atoms with E-state index in [1.54, 1.807) is 6.20 Å². The predicted octanol–water partition coefficient (Wildman–Crippen LogP) is 1.03. The minimum atomic E-state index is 0.779. The van der Waals surface area contributed by atoms with Gasteiger partial charge >= 0.3 is 0 Å². The van der Waals surface area contributed by atoms with Gasteiger partial charge in [0.15, 0.2) is 4.83 Å². The Morgan fingerprint density at radius 1 is 1.15 bits per heavy atom. The molecule has 0 aromatic carbocycles. The third-order valence-corrected chi connectivity index (χ3v) is 2.35. The lowest BCUT2D eigenvalue weighted by Gasteiger charge is -1.92. The van der Waals surface area contributed by atoms with Gasteiger partial charge in [-0.25, -0.2) is 15.0 Å². The van der Waals surface area contributed by atoms with Gasteiger partial charge in [-0.1, -0.05) is 4.49 Å². The molecule has 0 bridgehead atoms. The van der Waals surface area contributed by atoms with Gasteiger partial charge in [0.05, 0.1) is 11.7 Å². The monoisotopic (exact) mass is 189 g/mol. The topological polar surface area (TPSA) is 64.5 Å². The molecule has 0 atom stereocenters. The third-order valence-electron chi connectivity index (χ3n) is 1.71. The van der Waals surface area contributed by atoms with Crippen molar-refractivity contribution in [2.45, 2.75) is 0 Å². The summed E-state index contributed by atoms with van der Waals surface area (Å²) < 4.78 is 3.81. The Morgan fingerprint density at radius 2 is 2.15 bits per heavy atom. The fraction of sp³-hybridized carbons (Fsp3) is 0. The highest BCUT2D eigenvalue weighted by Crippen LogP contribution is 2.16. The molecule has 13 heavy (non-hydrogen) atoms. The second-order valence-electron chi connectivity index (χ2n) is 2.51. The molecule has 3 rings (SSSR count). The van der Waals surface area contributed by atoms with E-state index in [0.717, 1.165) is 21.4 Å². The van der Waals surface area contributed by atoms with Gasteiger partial charge in [0.2, 0.25) is 0 Å². The Morgan fingerprint density at radius 3 is 3.15 bits per heavy atom. The lowest BCUT2D eigenvalue weighted by Crippen LogP contribution is -1.84. The van der Waals surface area contributed by atoms with Crippen LogP contribution in [-0.2, 0) is 0 Å². The minimum Gasteiger partial charge on any atom is -0.243 e. The number of hydrogen-bond acceptors (Lipinski definition) is 6. The molecule has 62 valence electrons. The Hall–Kier alpha value is -1.69. The highest BCUT2D eigenvalue weighted by atomic mass is 32.1. The second kappa shape index (κ2) is 2.40. The second-order valence-corrected chi connectivity index (χ2v) is 3.25. The van der Waals surface area contributed by atoms with Gasteiger partial charge in [-0.05, 0) is 6.07 Å². The molecule has 5 nitrogen and oxygen atoms in total. The third kappa shape index (κ3) is 0.955. The Labute approximate surface area is 76.6 Å². The van der Waals surface area contributed by atoms with Crippen molar-refractivity contribution in [3.05, 3.63) is 18.6 Å². The average molecular weight is 189 g/mol. The van der Waals surface area contributed by atoms with Gasteiger partial charge in [-0.15, -0.1) is 5.10 Å². The molecule has 3 aromatic heterocycles. The number of nitrogens with zero attached hydrogens (tertiary/aromatic N) is 5. The molecule has 0 N–H and O–H groups in total. The maximum atomic E-state index is 4.31. The van der Waals surface area contributed by atoms with Crippen molar-refractivity contribution in [2.24, 2.45) is 0 Å². The van der Waals surface area contributed by atoms with E-state index in [0.29, 0.717) is 0 Å². The van der Waals surface area contributed by atoms with Crippen LogP contribution in [0.5, 0.6) is 0 Å². The van der Waals surface area contributed by atoms with Crippen LogP contribution in [0.4, 0.5) is 0 Å². The highest BCUT2D eigenvalue weighted by Gasteiger charge is 2.02. The van der Waals surface area contributed by atoms with Crippen molar-refractivity contribution >= 4 is 32.9 Å². The van der Waals surface area contributed by atoms with Gasteiger partial charge < -0.3 is 0 Å². The van der Waals surface area contributed by atoms with Crippen LogP contribution >= 0.6 is 11.5 Å². The molecule has 0 fully saturated rings. The number of aromatic nitrogens is 5. The standard InChI is InChI=1S/C7H3N5S/c1-4-6(2-8-3-9-4)10-7-5(1)11-12-13-7/h1-3H. The number of fused-ring (bicyclic) bond motifs is 2. The molecule has 0 amide bonds. The molecule has 3 heterocycles. The van der Waals surface area contributed by atoms with E-state index < -0.39 is 0 Å². The lowest BCUT2D eigenvalue weighted by molar-refractivity contribution is 1.19. The van der Waals surface area contributed by atoms with Gasteiger partial charge in [-0.2, -0.15) is 0 Å². The van der Waals surface area contributed by atoms with E-state index in [1.807, 2.05) is 6.07 Å².